The number of rotatable bonds is 4. The van der Waals surface area contributed by atoms with Gasteiger partial charge >= 0.3 is 0 Å². The van der Waals surface area contributed by atoms with E-state index in [1.165, 1.54) is 17.5 Å². The summed E-state index contributed by atoms with van der Waals surface area (Å²) in [4.78, 5) is 2.94. The third-order valence-electron chi connectivity index (χ3n) is 3.33. The van der Waals surface area contributed by atoms with Crippen LogP contribution in [0.25, 0.3) is 10.4 Å². The molecule has 0 amide bonds. The molecule has 1 aromatic carbocycles. The van der Waals surface area contributed by atoms with Crippen LogP contribution in [0.15, 0.2) is 34.3 Å². The molecule has 1 aromatic rings. The number of sulfonamides is 1. The Kier molecular flexibility index (Phi) is 4.49. The molecule has 0 bridgehead atoms. The van der Waals surface area contributed by atoms with Crippen molar-refractivity contribution in [1.82, 2.24) is 4.31 Å². The summed E-state index contributed by atoms with van der Waals surface area (Å²) in [6.07, 6.45) is 1.08. The minimum absolute atomic E-state index is 0.121. The molecular weight excluding hydrogens is 280 g/mol. The topological polar surface area (TPSA) is 95.4 Å². The molecule has 0 radical (unpaired) electrons. The standard InChI is InChI=1S/C12H16N4O3S/c1-19-11-4-2-3-5-12(11)20(17,18)16-8-6-10(7-9-16)14-15-13/h2-5,10H,6-9H2,1H3. The second-order valence-corrected chi connectivity index (χ2v) is 6.40. The maximum Gasteiger partial charge on any atom is 0.246 e. The third-order valence-corrected chi connectivity index (χ3v) is 5.26. The fraction of sp³-hybridized carbons (Fsp3) is 0.500. The van der Waals surface area contributed by atoms with Gasteiger partial charge in [0, 0.05) is 24.0 Å². The highest BCUT2D eigenvalue weighted by atomic mass is 32.2. The van der Waals surface area contributed by atoms with Gasteiger partial charge in [-0.25, -0.2) is 8.42 Å². The van der Waals surface area contributed by atoms with Gasteiger partial charge in [0.2, 0.25) is 10.0 Å². The Morgan fingerprint density at radius 3 is 2.60 bits per heavy atom. The largest absolute Gasteiger partial charge is 0.495 e. The van der Waals surface area contributed by atoms with E-state index >= 15 is 0 Å². The van der Waals surface area contributed by atoms with Crippen LogP contribution in [0, 0.1) is 0 Å². The van der Waals surface area contributed by atoms with Crippen molar-refractivity contribution in [2.24, 2.45) is 5.11 Å². The van der Waals surface area contributed by atoms with E-state index < -0.39 is 10.0 Å². The van der Waals surface area contributed by atoms with E-state index in [4.69, 9.17) is 10.3 Å². The molecule has 0 aromatic heterocycles. The Morgan fingerprint density at radius 1 is 1.35 bits per heavy atom. The fourth-order valence-corrected chi connectivity index (χ4v) is 3.87. The number of methoxy groups -OCH3 is 1. The van der Waals surface area contributed by atoms with Crippen molar-refractivity contribution >= 4 is 10.0 Å². The Hall–Kier alpha value is -1.76. The molecule has 1 heterocycles. The molecule has 0 spiro atoms. The fourth-order valence-electron chi connectivity index (χ4n) is 2.24. The quantitative estimate of drug-likeness (QED) is 0.484. The van der Waals surface area contributed by atoms with Crippen LogP contribution in [0.3, 0.4) is 0 Å². The summed E-state index contributed by atoms with van der Waals surface area (Å²) in [5, 5.41) is 3.64. The van der Waals surface area contributed by atoms with Crippen molar-refractivity contribution in [3.8, 4) is 5.75 Å². The number of piperidine rings is 1. The summed E-state index contributed by atoms with van der Waals surface area (Å²) >= 11 is 0. The van der Waals surface area contributed by atoms with Crippen LogP contribution in [0.2, 0.25) is 0 Å². The molecular formula is C12H16N4O3S. The van der Waals surface area contributed by atoms with Gasteiger partial charge in [0.1, 0.15) is 10.6 Å². The van der Waals surface area contributed by atoms with Gasteiger partial charge in [-0.05, 0) is 30.5 Å². The van der Waals surface area contributed by atoms with Crippen molar-refractivity contribution in [3.05, 3.63) is 34.7 Å². The predicted octanol–water partition coefficient (Wildman–Crippen LogP) is 2.16. The van der Waals surface area contributed by atoms with Crippen molar-refractivity contribution in [2.45, 2.75) is 23.8 Å². The van der Waals surface area contributed by atoms with Gasteiger partial charge in [0.05, 0.1) is 7.11 Å². The van der Waals surface area contributed by atoms with Crippen LogP contribution in [0.5, 0.6) is 5.75 Å². The summed E-state index contributed by atoms with van der Waals surface area (Å²) in [5.41, 5.74) is 8.40. The first-order valence-corrected chi connectivity index (χ1v) is 7.71. The normalized spacial score (nSPS) is 17.4. The molecule has 7 nitrogen and oxygen atoms in total. The van der Waals surface area contributed by atoms with Crippen LogP contribution in [0.4, 0.5) is 0 Å². The number of para-hydroxylation sites is 1. The molecule has 1 aliphatic heterocycles. The Balaban J connectivity index is 2.22. The number of hydrogen-bond acceptors (Lipinski definition) is 4. The lowest BCUT2D eigenvalue weighted by atomic mass is 10.1. The van der Waals surface area contributed by atoms with Crippen molar-refractivity contribution in [3.63, 3.8) is 0 Å². The summed E-state index contributed by atoms with van der Waals surface area (Å²) in [7, 11) is -2.12. The lowest BCUT2D eigenvalue weighted by Gasteiger charge is -2.29. The molecule has 0 atom stereocenters. The van der Waals surface area contributed by atoms with Crippen molar-refractivity contribution in [1.29, 1.82) is 0 Å². The molecule has 1 fully saturated rings. The van der Waals surface area contributed by atoms with Crippen molar-refractivity contribution in [2.75, 3.05) is 20.2 Å². The van der Waals surface area contributed by atoms with Gasteiger partial charge in [-0.3, -0.25) is 0 Å². The summed E-state index contributed by atoms with van der Waals surface area (Å²) in [6.45, 7) is 0.703. The SMILES string of the molecule is COc1ccccc1S(=O)(=O)N1CCC(N=[N+]=[N-])CC1. The first-order chi connectivity index (χ1) is 9.59. The maximum absolute atomic E-state index is 12.6. The van der Waals surface area contributed by atoms with Gasteiger partial charge in [-0.1, -0.05) is 17.2 Å². The highest BCUT2D eigenvalue weighted by molar-refractivity contribution is 7.89. The average molecular weight is 296 g/mol. The molecule has 0 unspecified atom stereocenters. The van der Waals surface area contributed by atoms with Crippen LogP contribution < -0.4 is 4.74 Å². The second kappa shape index (κ2) is 6.13. The molecule has 0 N–H and O–H groups in total. The van der Waals surface area contributed by atoms with Crippen LogP contribution in [0.1, 0.15) is 12.8 Å². The molecule has 2 rings (SSSR count). The predicted molar refractivity (Wildman–Crippen MR) is 73.9 cm³/mol. The minimum Gasteiger partial charge on any atom is -0.495 e. The first-order valence-electron chi connectivity index (χ1n) is 6.27. The Bertz CT molecular complexity index is 617. The van der Waals surface area contributed by atoms with Crippen LogP contribution in [-0.2, 0) is 10.0 Å². The number of ether oxygens (including phenoxy) is 1. The van der Waals surface area contributed by atoms with E-state index in [2.05, 4.69) is 10.0 Å². The molecule has 0 aliphatic carbocycles. The highest BCUT2D eigenvalue weighted by Crippen LogP contribution is 2.28. The number of hydrogen-bond donors (Lipinski definition) is 0. The zero-order valence-electron chi connectivity index (χ0n) is 11.1. The smallest absolute Gasteiger partial charge is 0.246 e. The molecule has 1 saturated heterocycles. The van der Waals surface area contributed by atoms with Gasteiger partial charge in [0.25, 0.3) is 0 Å². The van der Waals surface area contributed by atoms with E-state index in [0.717, 1.165) is 0 Å². The second-order valence-electron chi connectivity index (χ2n) is 4.49. The van der Waals surface area contributed by atoms with Gasteiger partial charge in [-0.15, -0.1) is 0 Å². The number of nitrogens with zero attached hydrogens (tertiary/aromatic N) is 4. The lowest BCUT2D eigenvalue weighted by Crippen LogP contribution is -2.39. The molecule has 0 saturated carbocycles. The first kappa shape index (κ1) is 14.6. The Labute approximate surface area is 117 Å². The van der Waals surface area contributed by atoms with E-state index in [1.807, 2.05) is 0 Å². The third kappa shape index (κ3) is 2.87. The maximum atomic E-state index is 12.6. The minimum atomic E-state index is -3.57. The van der Waals surface area contributed by atoms with Crippen molar-refractivity contribution < 1.29 is 13.2 Å². The summed E-state index contributed by atoms with van der Waals surface area (Å²) in [6, 6.07) is 6.44. The zero-order valence-corrected chi connectivity index (χ0v) is 12.0. The van der Waals surface area contributed by atoms with Gasteiger partial charge < -0.3 is 4.74 Å². The van der Waals surface area contributed by atoms with Crippen LogP contribution >= 0.6 is 0 Å². The average Bonchev–Trinajstić information content (AvgIpc) is 2.48. The zero-order chi connectivity index (χ0) is 14.6. The van der Waals surface area contributed by atoms with E-state index in [0.29, 0.717) is 31.7 Å². The molecule has 20 heavy (non-hydrogen) atoms. The van der Waals surface area contributed by atoms with E-state index in [9.17, 15) is 8.42 Å². The number of azide groups is 1. The summed E-state index contributed by atoms with van der Waals surface area (Å²) in [5.74, 6) is 0.338. The Morgan fingerprint density at radius 2 is 2.00 bits per heavy atom. The van der Waals surface area contributed by atoms with E-state index in [-0.39, 0.29) is 10.9 Å². The molecule has 8 heteroatoms. The molecule has 1 aliphatic rings. The lowest BCUT2D eigenvalue weighted by molar-refractivity contribution is 0.317. The number of benzene rings is 1. The van der Waals surface area contributed by atoms with Gasteiger partial charge in [0.15, 0.2) is 0 Å². The summed E-state index contributed by atoms with van der Waals surface area (Å²) < 4.78 is 31.7. The highest BCUT2D eigenvalue weighted by Gasteiger charge is 2.30. The van der Waals surface area contributed by atoms with E-state index in [1.54, 1.807) is 18.2 Å². The van der Waals surface area contributed by atoms with Gasteiger partial charge in [-0.2, -0.15) is 4.31 Å². The molecule has 108 valence electrons. The van der Waals surface area contributed by atoms with Crippen LogP contribution in [-0.4, -0.2) is 39.0 Å². The monoisotopic (exact) mass is 296 g/mol.